The lowest BCUT2D eigenvalue weighted by atomic mass is 10.2. The highest BCUT2D eigenvalue weighted by Gasteiger charge is 1.94. The van der Waals surface area contributed by atoms with Crippen LogP contribution in [-0.2, 0) is 0 Å². The summed E-state index contributed by atoms with van der Waals surface area (Å²) < 4.78 is 5.08. The Morgan fingerprint density at radius 3 is 3.00 bits per heavy atom. The van der Waals surface area contributed by atoms with E-state index in [0.29, 0.717) is 5.69 Å². The molecule has 2 rings (SSSR count). The summed E-state index contributed by atoms with van der Waals surface area (Å²) in [6.07, 6.45) is 1.63. The Bertz CT molecular complexity index is 351. The van der Waals surface area contributed by atoms with Crippen LogP contribution in [0.1, 0.15) is 0 Å². The summed E-state index contributed by atoms with van der Waals surface area (Å²) in [4.78, 5) is 0. The first-order valence-corrected chi connectivity index (χ1v) is 3.05. The van der Waals surface area contributed by atoms with Crippen molar-refractivity contribution in [1.29, 1.82) is 0 Å². The van der Waals surface area contributed by atoms with Crippen molar-refractivity contribution in [2.45, 2.75) is 0 Å². The topological polar surface area (TPSA) is 36.9 Å². The summed E-state index contributed by atoms with van der Waals surface area (Å²) >= 11 is 0. The predicted molar refractivity (Wildman–Crippen MR) is 39.0 cm³/mol. The van der Waals surface area contributed by atoms with Crippen LogP contribution in [-0.4, -0.2) is 0 Å². The first-order chi connectivity index (χ1) is 4.86. The van der Waals surface area contributed by atoms with Crippen LogP contribution in [0.3, 0.4) is 0 Å². The van der Waals surface area contributed by atoms with Crippen LogP contribution in [0.5, 0.6) is 0 Å². The van der Waals surface area contributed by atoms with Gasteiger partial charge in [-0.25, -0.2) is 0 Å². The summed E-state index contributed by atoms with van der Waals surface area (Å²) in [5.74, 6) is 0. The average Bonchev–Trinajstić information content (AvgIpc) is 2.33. The minimum absolute atomic E-state index is 0.488. The van der Waals surface area contributed by atoms with Gasteiger partial charge in [0.05, 0.1) is 12.0 Å². The van der Waals surface area contributed by atoms with E-state index in [9.17, 15) is 0 Å². The average molecular weight is 132 g/mol. The van der Waals surface area contributed by atoms with Crippen molar-refractivity contribution >= 4 is 16.7 Å². The third-order valence-electron chi connectivity index (χ3n) is 1.46. The second-order valence-corrected chi connectivity index (χ2v) is 2.17. The van der Waals surface area contributed by atoms with Gasteiger partial charge in [-0.05, 0) is 18.2 Å². The van der Waals surface area contributed by atoms with Gasteiger partial charge in [0.15, 0.2) is 0 Å². The van der Waals surface area contributed by atoms with Crippen LogP contribution in [0, 0.1) is 0 Å². The minimum atomic E-state index is 0.488. The molecule has 0 atom stereocenters. The SMILES string of the molecule is [NH]c1ccc2ccoc2c1. The van der Waals surface area contributed by atoms with Crippen LogP contribution in [0.25, 0.3) is 11.0 Å². The van der Waals surface area contributed by atoms with Crippen LogP contribution in [0.4, 0.5) is 5.69 Å². The highest BCUT2D eigenvalue weighted by atomic mass is 16.3. The second-order valence-electron chi connectivity index (χ2n) is 2.17. The summed E-state index contributed by atoms with van der Waals surface area (Å²) in [6.45, 7) is 0. The first kappa shape index (κ1) is 5.35. The molecule has 1 radical (unpaired) electrons. The Morgan fingerprint density at radius 1 is 1.20 bits per heavy atom. The van der Waals surface area contributed by atoms with Crippen LogP contribution >= 0.6 is 0 Å². The van der Waals surface area contributed by atoms with Crippen LogP contribution in [0.2, 0.25) is 0 Å². The molecule has 1 aromatic heterocycles. The van der Waals surface area contributed by atoms with Crippen molar-refractivity contribution in [3.63, 3.8) is 0 Å². The number of hydrogen-bond acceptors (Lipinski definition) is 1. The quantitative estimate of drug-likeness (QED) is 0.542. The van der Waals surface area contributed by atoms with E-state index in [-0.39, 0.29) is 0 Å². The zero-order chi connectivity index (χ0) is 6.97. The maximum Gasteiger partial charge on any atom is 0.135 e. The van der Waals surface area contributed by atoms with Gasteiger partial charge in [0.1, 0.15) is 5.58 Å². The van der Waals surface area contributed by atoms with Gasteiger partial charge in [-0.3, -0.25) is 0 Å². The zero-order valence-corrected chi connectivity index (χ0v) is 5.29. The molecule has 0 bridgehead atoms. The van der Waals surface area contributed by atoms with E-state index in [4.69, 9.17) is 10.2 Å². The molecule has 0 unspecified atom stereocenters. The molecule has 2 heteroatoms. The molecule has 0 fully saturated rings. The zero-order valence-electron chi connectivity index (χ0n) is 5.29. The van der Waals surface area contributed by atoms with Crippen LogP contribution in [0.15, 0.2) is 34.9 Å². The van der Waals surface area contributed by atoms with Crippen molar-refractivity contribution in [1.82, 2.24) is 5.73 Å². The van der Waals surface area contributed by atoms with Gasteiger partial charge < -0.3 is 10.2 Å². The molecule has 0 saturated carbocycles. The lowest BCUT2D eigenvalue weighted by Crippen LogP contribution is -1.66. The van der Waals surface area contributed by atoms with Crippen molar-refractivity contribution < 1.29 is 4.42 Å². The van der Waals surface area contributed by atoms with Gasteiger partial charge in [-0.1, -0.05) is 0 Å². The van der Waals surface area contributed by atoms with Gasteiger partial charge in [-0.15, -0.1) is 0 Å². The largest absolute Gasteiger partial charge is 0.464 e. The molecule has 2 aromatic rings. The highest BCUT2D eigenvalue weighted by molar-refractivity contribution is 5.79. The van der Waals surface area contributed by atoms with E-state index in [2.05, 4.69) is 0 Å². The Morgan fingerprint density at radius 2 is 2.10 bits per heavy atom. The molecule has 1 heterocycles. The maximum absolute atomic E-state index is 7.26. The second kappa shape index (κ2) is 1.77. The Labute approximate surface area is 58.2 Å². The number of nitrogens with one attached hydrogen (secondary N) is 1. The lowest BCUT2D eigenvalue weighted by molar-refractivity contribution is 0.616. The summed E-state index contributed by atoms with van der Waals surface area (Å²) in [6, 6.07) is 7.21. The van der Waals surface area contributed by atoms with Gasteiger partial charge in [0.2, 0.25) is 0 Å². The monoisotopic (exact) mass is 132 g/mol. The van der Waals surface area contributed by atoms with Gasteiger partial charge in [-0.2, -0.15) is 0 Å². The summed E-state index contributed by atoms with van der Waals surface area (Å²) in [5.41, 5.74) is 8.53. The van der Waals surface area contributed by atoms with E-state index in [1.165, 1.54) is 0 Å². The molecule has 0 aliphatic rings. The van der Waals surface area contributed by atoms with Gasteiger partial charge in [0.25, 0.3) is 0 Å². The van der Waals surface area contributed by atoms with E-state index >= 15 is 0 Å². The fraction of sp³-hybridized carbons (Fsp3) is 0. The molecular formula is C8H6NO. The normalized spacial score (nSPS) is 10.4. The summed E-state index contributed by atoms with van der Waals surface area (Å²) in [7, 11) is 0. The third kappa shape index (κ3) is 0.658. The molecule has 49 valence electrons. The molecule has 1 aromatic carbocycles. The van der Waals surface area contributed by atoms with Crippen molar-refractivity contribution in [2.75, 3.05) is 0 Å². The lowest BCUT2D eigenvalue weighted by Gasteiger charge is -1.88. The molecule has 0 spiro atoms. The standard InChI is InChI=1S/C8H6NO/c9-7-2-1-6-3-4-10-8(6)5-7/h1-5,9H. The van der Waals surface area contributed by atoms with Crippen molar-refractivity contribution in [3.05, 3.63) is 30.5 Å². The fourth-order valence-corrected chi connectivity index (χ4v) is 0.955. The fourth-order valence-electron chi connectivity index (χ4n) is 0.955. The summed E-state index contributed by atoms with van der Waals surface area (Å²) in [5, 5.41) is 1.05. The number of furan rings is 1. The van der Waals surface area contributed by atoms with E-state index < -0.39 is 0 Å². The minimum Gasteiger partial charge on any atom is -0.464 e. The number of fused-ring (bicyclic) bond motifs is 1. The first-order valence-electron chi connectivity index (χ1n) is 3.05. The molecule has 0 saturated heterocycles. The Hall–Kier alpha value is -1.44. The van der Waals surface area contributed by atoms with E-state index in [0.717, 1.165) is 11.0 Å². The molecule has 0 amide bonds. The van der Waals surface area contributed by atoms with E-state index in [1.54, 1.807) is 18.4 Å². The molecule has 0 aliphatic heterocycles. The molecule has 1 N–H and O–H groups in total. The third-order valence-corrected chi connectivity index (χ3v) is 1.46. The number of rotatable bonds is 0. The number of benzene rings is 1. The molecular weight excluding hydrogens is 126 g/mol. The smallest absolute Gasteiger partial charge is 0.135 e. The van der Waals surface area contributed by atoms with E-state index in [1.807, 2.05) is 12.1 Å². The molecule has 10 heavy (non-hydrogen) atoms. The maximum atomic E-state index is 7.26. The predicted octanol–water partition coefficient (Wildman–Crippen LogP) is 2.35. The van der Waals surface area contributed by atoms with Gasteiger partial charge >= 0.3 is 0 Å². The highest BCUT2D eigenvalue weighted by Crippen LogP contribution is 2.18. The molecule has 2 nitrogen and oxygen atoms in total. The Kier molecular flexibility index (Phi) is 0.947. The van der Waals surface area contributed by atoms with Crippen molar-refractivity contribution in [3.8, 4) is 0 Å². The Balaban J connectivity index is 2.86. The number of hydrogen-bond donors (Lipinski definition) is 0. The van der Waals surface area contributed by atoms with Crippen molar-refractivity contribution in [2.24, 2.45) is 0 Å². The van der Waals surface area contributed by atoms with Gasteiger partial charge in [0, 0.05) is 11.5 Å². The van der Waals surface area contributed by atoms with Crippen LogP contribution < -0.4 is 5.73 Å². The molecule has 0 aliphatic carbocycles.